The molecule has 0 radical (unpaired) electrons. The van der Waals surface area contributed by atoms with Crippen molar-refractivity contribution in [3.05, 3.63) is 0 Å². The first-order valence-electron chi connectivity index (χ1n) is 13.4. The Morgan fingerprint density at radius 1 is 0.429 bits per heavy atom. The summed E-state index contributed by atoms with van der Waals surface area (Å²) in [7, 11) is 0. The highest BCUT2D eigenvalue weighted by atomic mass is 16.8. The van der Waals surface area contributed by atoms with Crippen molar-refractivity contribution in [3.63, 3.8) is 0 Å². The van der Waals surface area contributed by atoms with Crippen LogP contribution in [0.15, 0.2) is 0 Å². The van der Waals surface area contributed by atoms with E-state index in [2.05, 4.69) is 0 Å². The summed E-state index contributed by atoms with van der Waals surface area (Å²) in [4.78, 5) is 0. The highest BCUT2D eigenvalue weighted by Gasteiger charge is 2.55. The fourth-order valence-electron chi connectivity index (χ4n) is 5.17. The average molecular weight is 621 g/mol. The summed E-state index contributed by atoms with van der Waals surface area (Å²) in [6.45, 7) is -3.19. The van der Waals surface area contributed by atoms with Gasteiger partial charge in [0.2, 0.25) is 0 Å². The molecule has 246 valence electrons. The number of rotatable bonds is 9. The molecule has 0 aromatic rings. The minimum atomic E-state index is -1.96. The predicted octanol–water partition coefficient (Wildman–Crippen LogP) is -8.43. The van der Waals surface area contributed by atoms with Crippen LogP contribution in [0.4, 0.5) is 0 Å². The normalized spacial score (nSPS) is 52.3. The van der Waals surface area contributed by atoms with Gasteiger partial charge in [-0.25, -0.2) is 0 Å². The van der Waals surface area contributed by atoms with Crippen LogP contribution in [0.25, 0.3) is 0 Å². The Morgan fingerprint density at radius 2 is 0.929 bits per heavy atom. The highest BCUT2D eigenvalue weighted by Crippen LogP contribution is 2.34. The molecule has 0 aromatic heterocycles. The Labute approximate surface area is 238 Å². The van der Waals surface area contributed by atoms with Crippen LogP contribution in [0.3, 0.4) is 0 Å². The Bertz CT molecular complexity index is 836. The quantitative estimate of drug-likeness (QED) is 0.114. The molecule has 4 aliphatic rings. The van der Waals surface area contributed by atoms with E-state index in [4.69, 9.17) is 33.2 Å². The van der Waals surface area contributed by atoms with E-state index >= 15 is 0 Å². The van der Waals surface area contributed by atoms with Crippen molar-refractivity contribution in [1.82, 2.24) is 0 Å². The maximum absolute atomic E-state index is 11.1. The molecule has 0 bridgehead atoms. The summed E-state index contributed by atoms with van der Waals surface area (Å²) >= 11 is 0. The minimum absolute atomic E-state index is 0.350. The Hall–Kier alpha value is -0.760. The molecule has 4 heterocycles. The molecule has 0 spiro atoms. The number of aliphatic hydroxyl groups excluding tert-OH is 12. The maximum atomic E-state index is 11.1. The van der Waals surface area contributed by atoms with Crippen molar-refractivity contribution in [2.75, 3.05) is 33.0 Å². The van der Waals surface area contributed by atoms with Gasteiger partial charge in [-0.05, 0) is 0 Å². The van der Waals surface area contributed by atoms with E-state index in [1.165, 1.54) is 0 Å². The van der Waals surface area contributed by atoms with Crippen LogP contribution in [-0.4, -0.2) is 205 Å². The molecule has 0 amide bonds. The summed E-state index contributed by atoms with van der Waals surface area (Å²) in [6, 6.07) is 0. The van der Waals surface area contributed by atoms with E-state index in [1.807, 2.05) is 0 Å². The van der Waals surface area contributed by atoms with Gasteiger partial charge in [-0.1, -0.05) is 0 Å². The first kappa shape index (κ1) is 34.1. The van der Waals surface area contributed by atoms with Crippen LogP contribution in [0.5, 0.6) is 0 Å². The lowest BCUT2D eigenvalue weighted by atomic mass is 9.96. The Balaban J connectivity index is 1.67. The molecular weight excluding hydrogens is 580 g/mol. The van der Waals surface area contributed by atoms with Crippen molar-refractivity contribution in [2.45, 2.75) is 110 Å². The number of ether oxygens (including phenoxy) is 7. The largest absolute Gasteiger partial charge is 0.394 e. The number of aliphatic hydroxyl groups is 12. The maximum Gasteiger partial charge on any atom is 0.187 e. The Kier molecular flexibility index (Phi) is 11.8. The van der Waals surface area contributed by atoms with E-state index < -0.39 is 137 Å². The molecule has 19 nitrogen and oxygen atoms in total. The van der Waals surface area contributed by atoms with Crippen molar-refractivity contribution < 1.29 is 94.4 Å². The lowest BCUT2D eigenvalue weighted by Gasteiger charge is -2.49. The molecule has 12 N–H and O–H groups in total. The van der Waals surface area contributed by atoms with E-state index in [-0.39, 0.29) is 6.61 Å². The summed E-state index contributed by atoms with van der Waals surface area (Å²) < 4.78 is 39.0. The second-order valence-corrected chi connectivity index (χ2v) is 10.6. The van der Waals surface area contributed by atoms with Crippen LogP contribution < -0.4 is 0 Å². The molecular formula is C23H40O19. The topological polar surface area (TPSA) is 307 Å². The number of hydrogen-bond acceptors (Lipinski definition) is 19. The van der Waals surface area contributed by atoms with E-state index in [9.17, 15) is 61.3 Å². The van der Waals surface area contributed by atoms with Gasteiger partial charge >= 0.3 is 0 Å². The van der Waals surface area contributed by atoms with Gasteiger partial charge in [0.15, 0.2) is 18.9 Å². The van der Waals surface area contributed by atoms with Gasteiger partial charge in [-0.2, -0.15) is 0 Å². The second-order valence-electron chi connectivity index (χ2n) is 10.6. The van der Waals surface area contributed by atoms with E-state index in [0.29, 0.717) is 0 Å². The van der Waals surface area contributed by atoms with Gasteiger partial charge in [-0.15, -0.1) is 0 Å². The van der Waals surface area contributed by atoms with Gasteiger partial charge in [-0.3, -0.25) is 0 Å². The SMILES string of the molecule is OC[C@H]1O[C@@H](O[C@H]2[C@H](O[C@@H]3[C@H](O)[C@@H](O)CO[C@@H]3CO)O[C@H](CO)[C@@H](O)[C@@H]2O[C@@H]2OC[C@@H](O)[C@H](O)[C@H]2O)[C@H](O)[C@@H](O)[C@@H]1O. The van der Waals surface area contributed by atoms with Gasteiger partial charge in [0.25, 0.3) is 0 Å². The fraction of sp³-hybridized carbons (Fsp3) is 1.00. The van der Waals surface area contributed by atoms with Crippen LogP contribution in [0, 0.1) is 0 Å². The summed E-state index contributed by atoms with van der Waals surface area (Å²) in [5.74, 6) is 0. The summed E-state index contributed by atoms with van der Waals surface area (Å²) in [6.07, 6.45) is -30.1. The first-order chi connectivity index (χ1) is 19.9. The first-order valence-corrected chi connectivity index (χ1v) is 13.4. The van der Waals surface area contributed by atoms with E-state index in [0.717, 1.165) is 0 Å². The lowest BCUT2D eigenvalue weighted by molar-refractivity contribution is -0.398. The standard InChI is InChI=1S/C23H40O19/c24-1-8-13(31)15(33)17(35)22(38-8)42-20-19(41-21-16(34)11(29)6(27)5-37-21)14(32)9(2-25)39-23(20)40-18-10(3-26)36-4-7(28)12(18)30/h6-35H,1-5H2/t6-,7+,8-,9-,10-,11+,12-,13-,14-,15+,16-,17-,18+,19+,20-,21+,22+,23+/m1/s1. The van der Waals surface area contributed by atoms with Gasteiger partial charge in [0.05, 0.1) is 33.0 Å². The molecule has 19 heteroatoms. The zero-order valence-corrected chi connectivity index (χ0v) is 22.2. The monoisotopic (exact) mass is 620 g/mol. The molecule has 0 aromatic carbocycles. The molecule has 4 aliphatic heterocycles. The molecule has 4 rings (SSSR count). The molecule has 4 fully saturated rings. The van der Waals surface area contributed by atoms with Gasteiger partial charge < -0.3 is 94.4 Å². The number of hydrogen-bond donors (Lipinski definition) is 12. The molecule has 18 atom stereocenters. The fourth-order valence-corrected chi connectivity index (χ4v) is 5.17. The molecule has 42 heavy (non-hydrogen) atoms. The van der Waals surface area contributed by atoms with Gasteiger partial charge in [0, 0.05) is 0 Å². The highest BCUT2D eigenvalue weighted by molar-refractivity contribution is 4.97. The molecule has 0 saturated carbocycles. The van der Waals surface area contributed by atoms with E-state index in [1.54, 1.807) is 0 Å². The van der Waals surface area contributed by atoms with Crippen molar-refractivity contribution >= 4 is 0 Å². The minimum Gasteiger partial charge on any atom is -0.394 e. The lowest BCUT2D eigenvalue weighted by Crippen LogP contribution is -2.68. The summed E-state index contributed by atoms with van der Waals surface area (Å²) in [5.41, 5.74) is 0. The average Bonchev–Trinajstić information content (AvgIpc) is 2.98. The molecule has 0 unspecified atom stereocenters. The molecule has 4 saturated heterocycles. The smallest absolute Gasteiger partial charge is 0.187 e. The van der Waals surface area contributed by atoms with Crippen molar-refractivity contribution in [3.8, 4) is 0 Å². The summed E-state index contributed by atoms with van der Waals surface area (Å²) in [5, 5.41) is 122. The Morgan fingerprint density at radius 3 is 1.57 bits per heavy atom. The van der Waals surface area contributed by atoms with Crippen LogP contribution >= 0.6 is 0 Å². The predicted molar refractivity (Wildman–Crippen MR) is 127 cm³/mol. The van der Waals surface area contributed by atoms with Crippen LogP contribution in [-0.2, 0) is 33.2 Å². The van der Waals surface area contributed by atoms with Crippen molar-refractivity contribution in [1.29, 1.82) is 0 Å². The second kappa shape index (κ2) is 14.6. The van der Waals surface area contributed by atoms with Gasteiger partial charge in [0.1, 0.15) is 91.6 Å². The van der Waals surface area contributed by atoms with Crippen LogP contribution in [0.2, 0.25) is 0 Å². The third kappa shape index (κ3) is 6.89. The third-order valence-electron chi connectivity index (χ3n) is 7.73. The third-order valence-corrected chi connectivity index (χ3v) is 7.73. The van der Waals surface area contributed by atoms with Crippen molar-refractivity contribution in [2.24, 2.45) is 0 Å². The van der Waals surface area contributed by atoms with Crippen LogP contribution in [0.1, 0.15) is 0 Å². The molecule has 0 aliphatic carbocycles. The zero-order chi connectivity index (χ0) is 30.9. The zero-order valence-electron chi connectivity index (χ0n) is 22.2.